The number of rotatable bonds is 4. The number of hydrogen-bond donors (Lipinski definition) is 2. The number of methoxy groups -OCH3 is 1. The van der Waals surface area contributed by atoms with Gasteiger partial charge in [-0.1, -0.05) is 0 Å². The second-order valence-corrected chi connectivity index (χ2v) is 3.78. The summed E-state index contributed by atoms with van der Waals surface area (Å²) in [5.41, 5.74) is 5.48. The third-order valence-electron chi connectivity index (χ3n) is 2.69. The molecule has 0 saturated carbocycles. The van der Waals surface area contributed by atoms with Gasteiger partial charge in [-0.25, -0.2) is 0 Å². The third-order valence-corrected chi connectivity index (χ3v) is 2.69. The van der Waals surface area contributed by atoms with Crippen molar-refractivity contribution in [3.8, 4) is 0 Å². The molecule has 0 aromatic heterocycles. The molecule has 5 heteroatoms. The van der Waals surface area contributed by atoms with E-state index in [0.717, 1.165) is 32.6 Å². The van der Waals surface area contributed by atoms with E-state index in [9.17, 15) is 4.79 Å². The van der Waals surface area contributed by atoms with E-state index in [0.29, 0.717) is 13.0 Å². The zero-order valence-corrected chi connectivity index (χ0v) is 9.37. The van der Waals surface area contributed by atoms with Gasteiger partial charge in [0, 0.05) is 33.3 Å². The van der Waals surface area contributed by atoms with E-state index < -0.39 is 0 Å². The minimum absolute atomic E-state index is 0.145. The van der Waals surface area contributed by atoms with Crippen LogP contribution in [0.4, 0.5) is 0 Å². The van der Waals surface area contributed by atoms with Crippen LogP contribution in [0.25, 0.3) is 0 Å². The molecule has 0 bridgehead atoms. The smallest absolute Gasteiger partial charge is 0.225 e. The van der Waals surface area contributed by atoms with Gasteiger partial charge in [-0.05, 0) is 13.0 Å². The molecule has 0 radical (unpaired) electrons. The topological polar surface area (TPSA) is 67.6 Å². The first-order valence-corrected chi connectivity index (χ1v) is 5.49. The van der Waals surface area contributed by atoms with Crippen LogP contribution in [-0.4, -0.2) is 56.7 Å². The average molecular weight is 215 g/mol. The number of nitrogens with zero attached hydrogens (tertiary/aromatic N) is 1. The lowest BCUT2D eigenvalue weighted by Gasteiger charge is -2.22. The van der Waals surface area contributed by atoms with E-state index in [1.54, 1.807) is 7.11 Å². The Balaban J connectivity index is 2.36. The molecular weight excluding hydrogens is 194 g/mol. The van der Waals surface area contributed by atoms with Gasteiger partial charge < -0.3 is 20.7 Å². The van der Waals surface area contributed by atoms with Crippen molar-refractivity contribution < 1.29 is 9.53 Å². The normalized spacial score (nSPS) is 19.7. The van der Waals surface area contributed by atoms with Crippen molar-refractivity contribution in [1.82, 2.24) is 10.2 Å². The molecule has 1 unspecified atom stereocenters. The highest BCUT2D eigenvalue weighted by atomic mass is 16.5. The Morgan fingerprint density at radius 2 is 2.33 bits per heavy atom. The fourth-order valence-electron chi connectivity index (χ4n) is 1.68. The molecule has 0 aromatic rings. The van der Waals surface area contributed by atoms with Crippen molar-refractivity contribution in [2.24, 2.45) is 5.73 Å². The molecule has 1 heterocycles. The van der Waals surface area contributed by atoms with E-state index in [1.807, 2.05) is 4.90 Å². The molecule has 0 aromatic carbocycles. The Morgan fingerprint density at radius 1 is 1.53 bits per heavy atom. The molecule has 1 amide bonds. The molecule has 1 aliphatic heterocycles. The number of hydrogen-bond acceptors (Lipinski definition) is 4. The number of amides is 1. The predicted octanol–water partition coefficient (Wildman–Crippen LogP) is -0.828. The van der Waals surface area contributed by atoms with Crippen molar-refractivity contribution in [2.75, 3.05) is 39.8 Å². The fraction of sp³-hybridized carbons (Fsp3) is 0.900. The SMILES string of the molecule is COC(CN)CC(=O)N1CCCNCC1. The van der Waals surface area contributed by atoms with E-state index in [2.05, 4.69) is 5.32 Å². The summed E-state index contributed by atoms with van der Waals surface area (Å²) < 4.78 is 5.10. The second kappa shape index (κ2) is 6.76. The van der Waals surface area contributed by atoms with Crippen LogP contribution < -0.4 is 11.1 Å². The van der Waals surface area contributed by atoms with Gasteiger partial charge in [-0.2, -0.15) is 0 Å². The van der Waals surface area contributed by atoms with E-state index in [-0.39, 0.29) is 12.0 Å². The van der Waals surface area contributed by atoms with Crippen LogP contribution in [0.3, 0.4) is 0 Å². The molecule has 88 valence electrons. The first-order valence-electron chi connectivity index (χ1n) is 5.49. The zero-order valence-electron chi connectivity index (χ0n) is 9.37. The van der Waals surface area contributed by atoms with Crippen LogP contribution in [0.5, 0.6) is 0 Å². The summed E-state index contributed by atoms with van der Waals surface area (Å²) in [4.78, 5) is 13.7. The molecule has 1 saturated heterocycles. The molecule has 1 rings (SSSR count). The second-order valence-electron chi connectivity index (χ2n) is 3.78. The molecule has 0 spiro atoms. The molecule has 1 aliphatic rings. The maximum absolute atomic E-state index is 11.8. The van der Waals surface area contributed by atoms with Crippen molar-refractivity contribution in [3.63, 3.8) is 0 Å². The lowest BCUT2D eigenvalue weighted by molar-refractivity contribution is -0.133. The monoisotopic (exact) mass is 215 g/mol. The highest BCUT2D eigenvalue weighted by Gasteiger charge is 2.18. The summed E-state index contributed by atoms with van der Waals surface area (Å²) in [5.74, 6) is 0.149. The largest absolute Gasteiger partial charge is 0.380 e. The van der Waals surface area contributed by atoms with Crippen LogP contribution in [0.15, 0.2) is 0 Å². The van der Waals surface area contributed by atoms with E-state index in [1.165, 1.54) is 0 Å². The molecule has 1 atom stereocenters. The van der Waals surface area contributed by atoms with Crippen molar-refractivity contribution in [1.29, 1.82) is 0 Å². The predicted molar refractivity (Wildman–Crippen MR) is 58.5 cm³/mol. The summed E-state index contributed by atoms with van der Waals surface area (Å²) in [6.45, 7) is 3.90. The van der Waals surface area contributed by atoms with Gasteiger partial charge in [0.2, 0.25) is 5.91 Å². The summed E-state index contributed by atoms with van der Waals surface area (Å²) in [6, 6.07) is 0. The Bertz CT molecular complexity index is 187. The summed E-state index contributed by atoms with van der Waals surface area (Å²) in [7, 11) is 1.59. The van der Waals surface area contributed by atoms with Gasteiger partial charge >= 0.3 is 0 Å². The van der Waals surface area contributed by atoms with E-state index >= 15 is 0 Å². The van der Waals surface area contributed by atoms with E-state index in [4.69, 9.17) is 10.5 Å². The lowest BCUT2D eigenvalue weighted by Crippen LogP contribution is -2.38. The highest BCUT2D eigenvalue weighted by Crippen LogP contribution is 2.03. The fourth-order valence-corrected chi connectivity index (χ4v) is 1.68. The Hall–Kier alpha value is -0.650. The number of nitrogens with one attached hydrogen (secondary N) is 1. The number of carbonyl (C=O) groups excluding carboxylic acids is 1. The first-order chi connectivity index (χ1) is 7.27. The van der Waals surface area contributed by atoms with Crippen LogP contribution in [-0.2, 0) is 9.53 Å². The molecule has 1 fully saturated rings. The lowest BCUT2D eigenvalue weighted by atomic mass is 10.2. The summed E-state index contributed by atoms with van der Waals surface area (Å²) in [6.07, 6.45) is 1.27. The molecule has 0 aliphatic carbocycles. The number of carbonyl (C=O) groups is 1. The van der Waals surface area contributed by atoms with Crippen LogP contribution in [0.2, 0.25) is 0 Å². The quantitative estimate of drug-likeness (QED) is 0.642. The summed E-state index contributed by atoms with van der Waals surface area (Å²) in [5, 5.41) is 3.26. The maximum Gasteiger partial charge on any atom is 0.225 e. The van der Waals surface area contributed by atoms with Crippen LogP contribution in [0.1, 0.15) is 12.8 Å². The van der Waals surface area contributed by atoms with Gasteiger partial charge in [0.25, 0.3) is 0 Å². The molecule has 15 heavy (non-hydrogen) atoms. The minimum Gasteiger partial charge on any atom is -0.380 e. The van der Waals surface area contributed by atoms with Gasteiger partial charge in [-0.15, -0.1) is 0 Å². The molecular formula is C10H21N3O2. The Labute approximate surface area is 90.9 Å². The average Bonchev–Trinajstić information content (AvgIpc) is 2.54. The third kappa shape index (κ3) is 4.15. The van der Waals surface area contributed by atoms with Crippen molar-refractivity contribution >= 4 is 5.91 Å². The number of ether oxygens (including phenoxy) is 1. The molecule has 3 N–H and O–H groups in total. The van der Waals surface area contributed by atoms with Gasteiger partial charge in [0.1, 0.15) is 0 Å². The molecule has 5 nitrogen and oxygen atoms in total. The zero-order chi connectivity index (χ0) is 11.1. The van der Waals surface area contributed by atoms with Crippen LogP contribution in [0, 0.1) is 0 Å². The standard InChI is InChI=1S/C10H21N3O2/c1-15-9(8-11)7-10(14)13-5-2-3-12-4-6-13/h9,12H,2-8,11H2,1H3. The number of nitrogens with two attached hydrogens (primary N) is 1. The Morgan fingerprint density at radius 3 is 3.00 bits per heavy atom. The Kier molecular flexibility index (Phi) is 5.60. The maximum atomic E-state index is 11.8. The van der Waals surface area contributed by atoms with Gasteiger partial charge in [0.05, 0.1) is 12.5 Å². The first kappa shape index (κ1) is 12.4. The van der Waals surface area contributed by atoms with Gasteiger partial charge in [-0.3, -0.25) is 4.79 Å². The van der Waals surface area contributed by atoms with Crippen molar-refractivity contribution in [3.05, 3.63) is 0 Å². The van der Waals surface area contributed by atoms with Gasteiger partial charge in [0.15, 0.2) is 0 Å². The van der Waals surface area contributed by atoms with Crippen LogP contribution >= 0.6 is 0 Å². The minimum atomic E-state index is -0.145. The van der Waals surface area contributed by atoms with Crippen molar-refractivity contribution in [2.45, 2.75) is 18.9 Å². The summed E-state index contributed by atoms with van der Waals surface area (Å²) >= 11 is 0. The highest BCUT2D eigenvalue weighted by molar-refractivity contribution is 5.76.